The molecule has 2 aromatic rings. The van der Waals surface area contributed by atoms with Gasteiger partial charge in [0.2, 0.25) is 11.5 Å². The van der Waals surface area contributed by atoms with E-state index in [2.05, 4.69) is 10.5 Å². The minimum atomic E-state index is -0.413. The van der Waals surface area contributed by atoms with E-state index in [1.54, 1.807) is 43.5 Å². The lowest BCUT2D eigenvalue weighted by atomic mass is 10.1. The van der Waals surface area contributed by atoms with Crippen LogP contribution in [0.5, 0.6) is 5.75 Å². The van der Waals surface area contributed by atoms with Crippen molar-refractivity contribution >= 4 is 17.2 Å². The normalized spacial score (nSPS) is 10.7. The highest BCUT2D eigenvalue weighted by atomic mass is 16.5. The fourth-order valence-corrected chi connectivity index (χ4v) is 1.75. The molecule has 0 unspecified atom stereocenters. The van der Waals surface area contributed by atoms with Gasteiger partial charge in [0, 0.05) is 5.56 Å². The number of hydrogen-bond donors (Lipinski definition) is 1. The molecule has 0 saturated carbocycles. The number of hydrazone groups is 1. The first kappa shape index (κ1) is 15.3. The highest BCUT2D eigenvalue weighted by Crippen LogP contribution is 2.15. The van der Waals surface area contributed by atoms with E-state index in [0.29, 0.717) is 17.0 Å². The van der Waals surface area contributed by atoms with Crippen LogP contribution in [0.25, 0.3) is 0 Å². The maximum absolute atomic E-state index is 12.2. The third kappa shape index (κ3) is 3.70. The van der Waals surface area contributed by atoms with E-state index in [-0.39, 0.29) is 5.71 Å². The summed E-state index contributed by atoms with van der Waals surface area (Å²) in [6, 6.07) is 15.8. The van der Waals surface area contributed by atoms with Crippen LogP contribution in [0, 0.1) is 18.3 Å². The van der Waals surface area contributed by atoms with Crippen LogP contribution >= 0.6 is 0 Å². The predicted molar refractivity (Wildman–Crippen MR) is 85.2 cm³/mol. The number of nitrogens with one attached hydrogen (secondary N) is 1. The number of carbonyl (C=O) groups is 1. The fourth-order valence-electron chi connectivity index (χ4n) is 1.75. The summed E-state index contributed by atoms with van der Waals surface area (Å²) in [5, 5.41) is 13.0. The molecule has 1 N–H and O–H groups in total. The molecule has 0 radical (unpaired) electrons. The number of nitrogens with zero attached hydrogens (tertiary/aromatic N) is 2. The lowest BCUT2D eigenvalue weighted by Crippen LogP contribution is -2.14. The van der Waals surface area contributed by atoms with Gasteiger partial charge in [0.1, 0.15) is 11.8 Å². The van der Waals surface area contributed by atoms with Crippen LogP contribution in [-0.2, 0) is 0 Å². The number of nitriles is 1. The molecule has 110 valence electrons. The maximum atomic E-state index is 12.2. The maximum Gasteiger partial charge on any atom is 0.223 e. The highest BCUT2D eigenvalue weighted by molar-refractivity contribution is 6.51. The largest absolute Gasteiger partial charge is 0.497 e. The molecule has 0 aliphatic rings. The predicted octanol–water partition coefficient (Wildman–Crippen LogP) is 3.18. The molecule has 22 heavy (non-hydrogen) atoms. The van der Waals surface area contributed by atoms with E-state index in [1.807, 2.05) is 25.1 Å². The average Bonchev–Trinajstić information content (AvgIpc) is 2.56. The number of aryl methyl sites for hydroxylation is 1. The Balaban J connectivity index is 2.14. The van der Waals surface area contributed by atoms with E-state index in [9.17, 15) is 4.79 Å². The third-order valence-corrected chi connectivity index (χ3v) is 3.02. The number of ketones is 1. The van der Waals surface area contributed by atoms with Gasteiger partial charge in [0.15, 0.2) is 0 Å². The molecule has 2 aromatic carbocycles. The van der Waals surface area contributed by atoms with Crippen molar-refractivity contribution in [1.82, 2.24) is 0 Å². The zero-order valence-electron chi connectivity index (χ0n) is 12.3. The zero-order chi connectivity index (χ0) is 15.9. The first-order valence-electron chi connectivity index (χ1n) is 6.63. The molecule has 5 heteroatoms. The molecule has 5 nitrogen and oxygen atoms in total. The summed E-state index contributed by atoms with van der Waals surface area (Å²) in [4.78, 5) is 12.2. The van der Waals surface area contributed by atoms with E-state index in [1.165, 1.54) is 0 Å². The molecule has 0 heterocycles. The van der Waals surface area contributed by atoms with Gasteiger partial charge in [-0.2, -0.15) is 10.4 Å². The molecule has 0 bridgehead atoms. The second-order valence-electron chi connectivity index (χ2n) is 4.61. The average molecular weight is 293 g/mol. The summed E-state index contributed by atoms with van der Waals surface area (Å²) in [7, 11) is 1.58. The summed E-state index contributed by atoms with van der Waals surface area (Å²) >= 11 is 0. The summed E-state index contributed by atoms with van der Waals surface area (Å²) in [6.07, 6.45) is 0. The summed E-state index contributed by atoms with van der Waals surface area (Å²) in [5.74, 6) is 0.300. The Labute approximate surface area is 128 Å². The van der Waals surface area contributed by atoms with Crippen molar-refractivity contribution in [3.63, 3.8) is 0 Å². The van der Waals surface area contributed by atoms with Gasteiger partial charge in [-0.25, -0.2) is 0 Å². The standard InChI is InChI=1S/C17H15N3O2/c1-12-3-5-13(6-4-12)17(21)16(11-18)20-19-14-7-9-15(22-2)10-8-14/h3-10,19H,1-2H3. The van der Waals surface area contributed by atoms with Crippen molar-refractivity contribution in [2.75, 3.05) is 12.5 Å². The van der Waals surface area contributed by atoms with E-state index >= 15 is 0 Å². The molecular weight excluding hydrogens is 278 g/mol. The van der Waals surface area contributed by atoms with Gasteiger partial charge in [-0.15, -0.1) is 0 Å². The van der Waals surface area contributed by atoms with E-state index in [4.69, 9.17) is 10.00 Å². The minimum Gasteiger partial charge on any atom is -0.497 e. The van der Waals surface area contributed by atoms with Crippen LogP contribution in [-0.4, -0.2) is 18.6 Å². The first-order valence-corrected chi connectivity index (χ1v) is 6.63. The topological polar surface area (TPSA) is 74.5 Å². The second-order valence-corrected chi connectivity index (χ2v) is 4.61. The number of carbonyl (C=O) groups excluding carboxylic acids is 1. The molecule has 2 rings (SSSR count). The Morgan fingerprint density at radius 1 is 1.14 bits per heavy atom. The Morgan fingerprint density at radius 3 is 2.32 bits per heavy atom. The van der Waals surface area contributed by atoms with Gasteiger partial charge in [0.05, 0.1) is 12.8 Å². The van der Waals surface area contributed by atoms with Gasteiger partial charge in [-0.05, 0) is 31.2 Å². The number of ether oxygens (including phenoxy) is 1. The second kappa shape index (κ2) is 7.04. The Kier molecular flexibility index (Phi) is 4.89. The van der Waals surface area contributed by atoms with Crippen molar-refractivity contribution in [2.24, 2.45) is 5.10 Å². The van der Waals surface area contributed by atoms with Crippen LogP contribution in [0.15, 0.2) is 53.6 Å². The SMILES string of the molecule is COc1ccc(NN=C(C#N)C(=O)c2ccc(C)cc2)cc1. The van der Waals surface area contributed by atoms with Crippen LogP contribution in [0.1, 0.15) is 15.9 Å². The van der Waals surface area contributed by atoms with Crippen LogP contribution in [0.2, 0.25) is 0 Å². The summed E-state index contributed by atoms with van der Waals surface area (Å²) < 4.78 is 5.05. The highest BCUT2D eigenvalue weighted by Gasteiger charge is 2.13. The molecular formula is C17H15N3O2. The lowest BCUT2D eigenvalue weighted by molar-refractivity contribution is 0.106. The van der Waals surface area contributed by atoms with Gasteiger partial charge in [0.25, 0.3) is 0 Å². The Morgan fingerprint density at radius 2 is 1.77 bits per heavy atom. The lowest BCUT2D eigenvalue weighted by Gasteiger charge is -2.03. The zero-order valence-corrected chi connectivity index (χ0v) is 12.3. The third-order valence-electron chi connectivity index (χ3n) is 3.02. The number of benzene rings is 2. The van der Waals surface area contributed by atoms with Gasteiger partial charge < -0.3 is 4.74 Å². The number of anilines is 1. The van der Waals surface area contributed by atoms with Crippen molar-refractivity contribution < 1.29 is 9.53 Å². The van der Waals surface area contributed by atoms with Crippen molar-refractivity contribution in [3.8, 4) is 11.8 Å². The smallest absolute Gasteiger partial charge is 0.223 e. The van der Waals surface area contributed by atoms with E-state index < -0.39 is 5.78 Å². The molecule has 0 atom stereocenters. The van der Waals surface area contributed by atoms with Crippen molar-refractivity contribution in [1.29, 1.82) is 5.26 Å². The summed E-state index contributed by atoms with van der Waals surface area (Å²) in [5.41, 5.74) is 4.64. The first-order chi connectivity index (χ1) is 10.6. The number of Topliss-reactive ketones (excluding diaryl/α,β-unsaturated/α-hetero) is 1. The molecule has 0 aliphatic heterocycles. The molecule has 0 aliphatic carbocycles. The molecule has 0 amide bonds. The van der Waals surface area contributed by atoms with Crippen molar-refractivity contribution in [2.45, 2.75) is 6.92 Å². The fraction of sp³-hybridized carbons (Fsp3) is 0.118. The monoisotopic (exact) mass is 293 g/mol. The molecule has 0 fully saturated rings. The van der Waals surface area contributed by atoms with Crippen LogP contribution in [0.4, 0.5) is 5.69 Å². The molecule has 0 saturated heterocycles. The summed E-state index contributed by atoms with van der Waals surface area (Å²) in [6.45, 7) is 1.93. The number of methoxy groups -OCH3 is 1. The number of hydrogen-bond acceptors (Lipinski definition) is 5. The minimum absolute atomic E-state index is 0.195. The van der Waals surface area contributed by atoms with Crippen LogP contribution < -0.4 is 10.2 Å². The Hall–Kier alpha value is -3.13. The quantitative estimate of drug-likeness (QED) is 0.522. The van der Waals surface area contributed by atoms with Gasteiger partial charge in [-0.3, -0.25) is 10.2 Å². The van der Waals surface area contributed by atoms with Gasteiger partial charge in [-0.1, -0.05) is 29.8 Å². The molecule has 0 aromatic heterocycles. The Bertz CT molecular complexity index is 726. The van der Waals surface area contributed by atoms with Crippen molar-refractivity contribution in [3.05, 3.63) is 59.7 Å². The van der Waals surface area contributed by atoms with Crippen LogP contribution in [0.3, 0.4) is 0 Å². The molecule has 0 spiro atoms. The van der Waals surface area contributed by atoms with Gasteiger partial charge >= 0.3 is 0 Å². The number of rotatable bonds is 5. The van der Waals surface area contributed by atoms with E-state index in [0.717, 1.165) is 5.56 Å².